The third kappa shape index (κ3) is 4.09. The zero-order valence-electron chi connectivity index (χ0n) is 15.5. The predicted molar refractivity (Wildman–Crippen MR) is 105 cm³/mol. The molecule has 0 bridgehead atoms. The minimum Gasteiger partial charge on any atom is -0.493 e. The van der Waals surface area contributed by atoms with Gasteiger partial charge in [0.25, 0.3) is 5.91 Å². The summed E-state index contributed by atoms with van der Waals surface area (Å²) in [6.07, 6.45) is 3.78. The van der Waals surface area contributed by atoms with Crippen LogP contribution >= 0.6 is 12.4 Å². The summed E-state index contributed by atoms with van der Waals surface area (Å²) in [5, 5.41) is 14.9. The first-order valence-corrected chi connectivity index (χ1v) is 9.39. The normalized spacial score (nSPS) is 20.0. The lowest BCUT2D eigenvalue weighted by atomic mass is 10.0. The highest BCUT2D eigenvalue weighted by atomic mass is 35.5. The molecule has 1 aromatic carbocycles. The van der Waals surface area contributed by atoms with Crippen molar-refractivity contribution in [3.8, 4) is 5.75 Å². The van der Waals surface area contributed by atoms with E-state index < -0.39 is 0 Å². The topological polar surface area (TPSA) is 81.1 Å². The number of nitrogens with one attached hydrogen (secondary N) is 2. The highest BCUT2D eigenvalue weighted by molar-refractivity contribution is 5.93. The second kappa shape index (κ2) is 8.71. The van der Waals surface area contributed by atoms with Crippen molar-refractivity contribution in [3.05, 3.63) is 41.2 Å². The van der Waals surface area contributed by atoms with E-state index in [2.05, 4.69) is 20.9 Å². The molecule has 0 spiro atoms. The Morgan fingerprint density at radius 3 is 2.85 bits per heavy atom. The van der Waals surface area contributed by atoms with E-state index in [-0.39, 0.29) is 24.4 Å². The van der Waals surface area contributed by atoms with Gasteiger partial charge in [-0.05, 0) is 51.8 Å². The second-order valence-corrected chi connectivity index (χ2v) is 7.00. The van der Waals surface area contributed by atoms with Gasteiger partial charge in [0, 0.05) is 5.56 Å². The summed E-state index contributed by atoms with van der Waals surface area (Å²) in [7, 11) is 0. The molecule has 2 aliphatic heterocycles. The van der Waals surface area contributed by atoms with Gasteiger partial charge in [-0.25, -0.2) is 4.68 Å². The first-order chi connectivity index (χ1) is 12.7. The predicted octanol–water partition coefficient (Wildman–Crippen LogP) is 2.58. The van der Waals surface area contributed by atoms with E-state index in [0.717, 1.165) is 55.8 Å². The summed E-state index contributed by atoms with van der Waals surface area (Å²) in [5.41, 5.74) is 2.29. The van der Waals surface area contributed by atoms with E-state index in [1.807, 2.05) is 35.9 Å². The molecule has 1 fully saturated rings. The molecule has 0 saturated carbocycles. The monoisotopic (exact) mass is 391 g/mol. The number of hydrogen-bond donors (Lipinski definition) is 2. The van der Waals surface area contributed by atoms with E-state index in [1.54, 1.807) is 0 Å². The fourth-order valence-corrected chi connectivity index (χ4v) is 3.85. The molecule has 146 valence electrons. The van der Waals surface area contributed by atoms with Gasteiger partial charge in [-0.1, -0.05) is 23.4 Å². The van der Waals surface area contributed by atoms with Crippen molar-refractivity contribution in [1.29, 1.82) is 0 Å². The van der Waals surface area contributed by atoms with Crippen LogP contribution in [0.5, 0.6) is 5.75 Å². The molecular formula is C19H26ClN5O2. The fraction of sp³-hybridized carbons (Fsp3) is 0.526. The quantitative estimate of drug-likeness (QED) is 0.840. The SMILES string of the molecule is Cc1c(C(=O)NC2CCCOc3ccccc32)nnn1C1CCNCC1.Cl. The molecule has 1 atom stereocenters. The molecule has 2 aliphatic rings. The Morgan fingerprint density at radius 2 is 2.04 bits per heavy atom. The third-order valence-electron chi connectivity index (χ3n) is 5.29. The molecule has 1 amide bonds. The molecule has 1 unspecified atom stereocenters. The number of amides is 1. The molecule has 3 heterocycles. The summed E-state index contributed by atoms with van der Waals surface area (Å²) in [4.78, 5) is 12.9. The van der Waals surface area contributed by atoms with Crippen LogP contribution in [0.25, 0.3) is 0 Å². The summed E-state index contributed by atoms with van der Waals surface area (Å²) >= 11 is 0. The van der Waals surface area contributed by atoms with Gasteiger partial charge in [-0.2, -0.15) is 0 Å². The van der Waals surface area contributed by atoms with Crippen LogP contribution < -0.4 is 15.4 Å². The van der Waals surface area contributed by atoms with Crippen molar-refractivity contribution in [2.24, 2.45) is 0 Å². The number of carbonyl (C=O) groups excluding carboxylic acids is 1. The van der Waals surface area contributed by atoms with Gasteiger partial charge in [0.05, 0.1) is 24.4 Å². The smallest absolute Gasteiger partial charge is 0.274 e. The number of para-hydroxylation sites is 1. The Kier molecular flexibility index (Phi) is 6.34. The van der Waals surface area contributed by atoms with Crippen LogP contribution in [-0.4, -0.2) is 40.6 Å². The van der Waals surface area contributed by atoms with Gasteiger partial charge in [0.15, 0.2) is 5.69 Å². The average molecular weight is 392 g/mol. The van der Waals surface area contributed by atoms with Crippen LogP contribution in [0.15, 0.2) is 24.3 Å². The number of hydrogen-bond acceptors (Lipinski definition) is 5. The summed E-state index contributed by atoms with van der Waals surface area (Å²) < 4.78 is 7.70. The first kappa shape index (κ1) is 19.6. The number of piperidine rings is 1. The number of halogens is 1. The van der Waals surface area contributed by atoms with E-state index >= 15 is 0 Å². The van der Waals surface area contributed by atoms with Crippen molar-refractivity contribution < 1.29 is 9.53 Å². The number of nitrogens with zero attached hydrogens (tertiary/aromatic N) is 3. The van der Waals surface area contributed by atoms with Gasteiger partial charge >= 0.3 is 0 Å². The van der Waals surface area contributed by atoms with Crippen molar-refractivity contribution in [2.75, 3.05) is 19.7 Å². The van der Waals surface area contributed by atoms with E-state index in [4.69, 9.17) is 4.74 Å². The lowest BCUT2D eigenvalue weighted by molar-refractivity contribution is 0.0929. The fourth-order valence-electron chi connectivity index (χ4n) is 3.85. The Balaban J connectivity index is 0.00000210. The van der Waals surface area contributed by atoms with Crippen LogP contribution in [0.4, 0.5) is 0 Å². The minimum atomic E-state index is -0.163. The Bertz CT molecular complexity index is 788. The number of benzene rings is 1. The molecule has 7 nitrogen and oxygen atoms in total. The van der Waals surface area contributed by atoms with Crippen LogP contribution in [-0.2, 0) is 0 Å². The van der Waals surface area contributed by atoms with Gasteiger partial charge in [0.2, 0.25) is 0 Å². The molecule has 1 saturated heterocycles. The van der Waals surface area contributed by atoms with Gasteiger partial charge in [-0.3, -0.25) is 4.79 Å². The highest BCUT2D eigenvalue weighted by Gasteiger charge is 2.26. The van der Waals surface area contributed by atoms with Crippen molar-refractivity contribution in [3.63, 3.8) is 0 Å². The van der Waals surface area contributed by atoms with Crippen LogP contribution in [0.1, 0.15) is 59.5 Å². The first-order valence-electron chi connectivity index (χ1n) is 9.39. The van der Waals surface area contributed by atoms with Crippen molar-refractivity contribution >= 4 is 18.3 Å². The Labute approximate surface area is 165 Å². The molecule has 1 aromatic heterocycles. The van der Waals surface area contributed by atoms with E-state index in [1.165, 1.54) is 0 Å². The van der Waals surface area contributed by atoms with Crippen LogP contribution in [0.2, 0.25) is 0 Å². The maximum atomic E-state index is 12.9. The standard InChI is InChI=1S/C19H25N5O2.ClH/c1-13-18(22-23-24(13)14-8-10-20-11-9-14)19(25)21-16-6-4-12-26-17-7-3-2-5-15(16)17;/h2-3,5,7,14,16,20H,4,6,8-12H2,1H3,(H,21,25);1H. The largest absolute Gasteiger partial charge is 0.493 e. The van der Waals surface area contributed by atoms with E-state index in [0.29, 0.717) is 18.3 Å². The number of carbonyl (C=O) groups is 1. The summed E-state index contributed by atoms with van der Waals surface area (Å²) in [6, 6.07) is 8.16. The lowest BCUT2D eigenvalue weighted by Crippen LogP contribution is -2.31. The molecule has 4 rings (SSSR count). The molecular weight excluding hydrogens is 366 g/mol. The summed E-state index contributed by atoms with van der Waals surface area (Å²) in [6.45, 7) is 4.56. The number of fused-ring (bicyclic) bond motifs is 1. The van der Waals surface area contributed by atoms with Crippen LogP contribution in [0, 0.1) is 6.92 Å². The Morgan fingerprint density at radius 1 is 1.26 bits per heavy atom. The molecule has 0 aliphatic carbocycles. The third-order valence-corrected chi connectivity index (χ3v) is 5.29. The van der Waals surface area contributed by atoms with Crippen molar-refractivity contribution in [2.45, 2.75) is 44.7 Å². The van der Waals surface area contributed by atoms with Gasteiger partial charge in [0.1, 0.15) is 5.75 Å². The maximum absolute atomic E-state index is 12.9. The lowest BCUT2D eigenvalue weighted by Gasteiger charge is -2.23. The Hall–Kier alpha value is -2.12. The van der Waals surface area contributed by atoms with Gasteiger partial charge < -0.3 is 15.4 Å². The van der Waals surface area contributed by atoms with Crippen molar-refractivity contribution in [1.82, 2.24) is 25.6 Å². The molecule has 8 heteroatoms. The minimum absolute atomic E-state index is 0. The van der Waals surface area contributed by atoms with Crippen LogP contribution in [0.3, 0.4) is 0 Å². The number of ether oxygens (including phenoxy) is 1. The molecule has 27 heavy (non-hydrogen) atoms. The van der Waals surface area contributed by atoms with E-state index in [9.17, 15) is 4.79 Å². The number of aromatic nitrogens is 3. The maximum Gasteiger partial charge on any atom is 0.274 e. The zero-order chi connectivity index (χ0) is 17.9. The second-order valence-electron chi connectivity index (χ2n) is 7.00. The molecule has 0 radical (unpaired) electrons. The molecule has 2 aromatic rings. The highest BCUT2D eigenvalue weighted by Crippen LogP contribution is 2.31. The zero-order valence-corrected chi connectivity index (χ0v) is 16.3. The number of rotatable bonds is 3. The average Bonchev–Trinajstić information content (AvgIpc) is 2.95. The summed E-state index contributed by atoms with van der Waals surface area (Å²) in [5.74, 6) is 0.690. The molecule has 2 N–H and O–H groups in total. The van der Waals surface area contributed by atoms with Gasteiger partial charge in [-0.15, -0.1) is 17.5 Å².